The van der Waals surface area contributed by atoms with E-state index in [2.05, 4.69) is 28.0 Å². The van der Waals surface area contributed by atoms with Crippen LogP contribution in [0.3, 0.4) is 0 Å². The van der Waals surface area contributed by atoms with Gasteiger partial charge in [0.1, 0.15) is 0 Å². The summed E-state index contributed by atoms with van der Waals surface area (Å²) in [6, 6.07) is 12.1. The average molecular weight is 446 g/mol. The summed E-state index contributed by atoms with van der Waals surface area (Å²) in [5.74, 6) is 0. The molecular weight excluding hydrogens is 418 g/mol. The normalized spacial score (nSPS) is 13.9. The maximum absolute atomic E-state index is 13.4. The first kappa shape index (κ1) is 20.8. The minimum Gasteiger partial charge on any atom is -0.312 e. The highest BCUT2D eigenvalue weighted by atomic mass is 32.1. The molecule has 0 saturated heterocycles. The smallest absolute Gasteiger partial charge is 0.258 e. The second-order valence-electron chi connectivity index (χ2n) is 8.29. The van der Waals surface area contributed by atoms with E-state index in [-0.39, 0.29) is 5.56 Å². The molecule has 0 aliphatic carbocycles. The minimum absolute atomic E-state index is 0.115. The lowest BCUT2D eigenvalue weighted by Crippen LogP contribution is -2.36. The third-order valence-corrected chi connectivity index (χ3v) is 6.89. The summed E-state index contributed by atoms with van der Waals surface area (Å²) in [5, 5.41) is 5.39. The zero-order valence-electron chi connectivity index (χ0n) is 18.5. The first-order valence-corrected chi connectivity index (χ1v) is 11.9. The van der Waals surface area contributed by atoms with Crippen molar-refractivity contribution in [2.24, 2.45) is 0 Å². The maximum atomic E-state index is 13.4. The quantitative estimate of drug-likeness (QED) is 0.440. The van der Waals surface area contributed by atoms with E-state index < -0.39 is 0 Å². The van der Waals surface area contributed by atoms with Gasteiger partial charge in [0.05, 0.1) is 10.7 Å². The van der Waals surface area contributed by atoms with Crippen molar-refractivity contribution in [1.29, 1.82) is 0 Å². The van der Waals surface area contributed by atoms with Crippen molar-refractivity contribution in [3.8, 4) is 16.8 Å². The predicted octanol–water partition coefficient (Wildman–Crippen LogP) is 4.43. The molecule has 3 aromatic heterocycles. The number of hydrogen-bond donors (Lipinski definition) is 0. The summed E-state index contributed by atoms with van der Waals surface area (Å²) in [6.07, 6.45) is 7.51. The van der Waals surface area contributed by atoms with Gasteiger partial charge in [-0.1, -0.05) is 19.1 Å². The van der Waals surface area contributed by atoms with E-state index in [1.165, 1.54) is 16.1 Å². The molecule has 32 heavy (non-hydrogen) atoms. The van der Waals surface area contributed by atoms with Crippen LogP contribution in [-0.4, -0.2) is 30.8 Å². The topological polar surface area (TPSA) is 56.0 Å². The molecule has 0 amide bonds. The van der Waals surface area contributed by atoms with Gasteiger partial charge >= 0.3 is 0 Å². The molecule has 0 atom stereocenters. The number of aromatic nitrogens is 4. The summed E-state index contributed by atoms with van der Waals surface area (Å²) in [4.78, 5) is 21.6. The third-order valence-electron chi connectivity index (χ3n) is 5.99. The van der Waals surface area contributed by atoms with Gasteiger partial charge in [-0.2, -0.15) is 5.10 Å². The Morgan fingerprint density at radius 2 is 2.03 bits per heavy atom. The summed E-state index contributed by atoms with van der Waals surface area (Å²) in [6.45, 7) is 7.67. The molecule has 1 aromatic carbocycles. The highest BCUT2D eigenvalue weighted by molar-refractivity contribution is 7.11. The molecule has 0 unspecified atom stereocenters. The lowest BCUT2D eigenvalue weighted by molar-refractivity contribution is 0.242. The molecule has 0 saturated carbocycles. The summed E-state index contributed by atoms with van der Waals surface area (Å²) in [7, 11) is 0. The van der Waals surface area contributed by atoms with Crippen LogP contribution >= 0.6 is 11.3 Å². The number of fused-ring (bicyclic) bond motifs is 1. The van der Waals surface area contributed by atoms with Crippen molar-refractivity contribution in [2.45, 2.75) is 46.3 Å². The van der Waals surface area contributed by atoms with Crippen LogP contribution in [0.1, 0.15) is 34.5 Å². The number of benzene rings is 1. The zero-order valence-corrected chi connectivity index (χ0v) is 19.3. The van der Waals surface area contributed by atoms with Crippen molar-refractivity contribution in [1.82, 2.24) is 24.2 Å². The highest BCUT2D eigenvalue weighted by Crippen LogP contribution is 2.26. The van der Waals surface area contributed by atoms with Crippen LogP contribution in [0.15, 0.2) is 59.8 Å². The van der Waals surface area contributed by atoms with Gasteiger partial charge in [-0.3, -0.25) is 9.69 Å². The van der Waals surface area contributed by atoms with Crippen LogP contribution in [-0.2, 0) is 26.1 Å². The molecule has 7 heteroatoms. The van der Waals surface area contributed by atoms with Gasteiger partial charge in [0.2, 0.25) is 0 Å². The largest absolute Gasteiger partial charge is 0.312 e. The molecule has 0 fully saturated rings. The Labute approximate surface area is 191 Å². The van der Waals surface area contributed by atoms with Crippen molar-refractivity contribution >= 4 is 11.3 Å². The Morgan fingerprint density at radius 3 is 2.72 bits per heavy atom. The van der Waals surface area contributed by atoms with E-state index in [0.717, 1.165) is 60.8 Å². The fraction of sp³-hybridized carbons (Fsp3) is 0.320. The van der Waals surface area contributed by atoms with E-state index in [0.29, 0.717) is 0 Å². The van der Waals surface area contributed by atoms with Crippen LogP contribution in [0.4, 0.5) is 0 Å². The zero-order chi connectivity index (χ0) is 22.1. The Morgan fingerprint density at radius 1 is 1.19 bits per heavy atom. The van der Waals surface area contributed by atoms with E-state index >= 15 is 0 Å². The lowest BCUT2D eigenvalue weighted by Gasteiger charge is -2.30. The van der Waals surface area contributed by atoms with E-state index in [9.17, 15) is 4.79 Å². The number of hydrogen-bond acceptors (Lipinski definition) is 5. The molecule has 0 bridgehead atoms. The first-order chi connectivity index (χ1) is 15.6. The molecule has 0 N–H and O–H groups in total. The second-order valence-corrected chi connectivity index (χ2v) is 9.61. The first-order valence-electron chi connectivity index (χ1n) is 11.1. The molecule has 5 rings (SSSR count). The summed E-state index contributed by atoms with van der Waals surface area (Å²) < 4.78 is 3.84. The van der Waals surface area contributed by atoms with E-state index in [1.807, 2.05) is 58.9 Å². The van der Waals surface area contributed by atoms with Crippen LogP contribution in [0, 0.1) is 6.92 Å². The predicted molar refractivity (Wildman–Crippen MR) is 128 cm³/mol. The van der Waals surface area contributed by atoms with Crippen LogP contribution in [0.25, 0.3) is 16.8 Å². The second kappa shape index (κ2) is 8.84. The molecule has 6 nitrogen and oxygen atoms in total. The molecule has 1 aliphatic heterocycles. The monoisotopic (exact) mass is 445 g/mol. The fourth-order valence-corrected chi connectivity index (χ4v) is 5.33. The van der Waals surface area contributed by atoms with Gasteiger partial charge in [-0.15, -0.1) is 11.3 Å². The van der Waals surface area contributed by atoms with Gasteiger partial charge in [0.25, 0.3) is 5.56 Å². The van der Waals surface area contributed by atoms with Gasteiger partial charge in [0, 0.05) is 67.3 Å². The number of thiazole rings is 1. The van der Waals surface area contributed by atoms with E-state index in [1.54, 1.807) is 17.5 Å². The van der Waals surface area contributed by atoms with Gasteiger partial charge in [-0.25, -0.2) is 9.67 Å². The fourth-order valence-electron chi connectivity index (χ4n) is 4.49. The van der Waals surface area contributed by atoms with Crippen LogP contribution < -0.4 is 5.56 Å². The number of nitrogens with zero attached hydrogens (tertiary/aromatic N) is 5. The Bertz CT molecular complexity index is 1270. The van der Waals surface area contributed by atoms with Crippen molar-refractivity contribution < 1.29 is 0 Å². The van der Waals surface area contributed by atoms with Crippen LogP contribution in [0.5, 0.6) is 0 Å². The van der Waals surface area contributed by atoms with Crippen LogP contribution in [0.2, 0.25) is 0 Å². The number of rotatable bonds is 6. The average Bonchev–Trinajstić information content (AvgIpc) is 3.48. The molecule has 4 aromatic rings. The molecule has 0 spiro atoms. The number of pyridine rings is 1. The van der Waals surface area contributed by atoms with E-state index in [4.69, 9.17) is 0 Å². The maximum Gasteiger partial charge on any atom is 0.258 e. The Balaban J connectivity index is 1.49. The molecular formula is C25H27N5OS. The van der Waals surface area contributed by atoms with Gasteiger partial charge in [-0.05, 0) is 48.7 Å². The van der Waals surface area contributed by atoms with Crippen molar-refractivity contribution in [2.75, 3.05) is 6.54 Å². The molecule has 1 aliphatic rings. The molecule has 164 valence electrons. The minimum atomic E-state index is 0.115. The van der Waals surface area contributed by atoms with Gasteiger partial charge < -0.3 is 4.57 Å². The highest BCUT2D eigenvalue weighted by Gasteiger charge is 2.22. The summed E-state index contributed by atoms with van der Waals surface area (Å²) >= 11 is 1.76. The lowest BCUT2D eigenvalue weighted by atomic mass is 9.98. The number of aryl methyl sites for hydroxylation is 1. The summed E-state index contributed by atoms with van der Waals surface area (Å²) in [5.41, 5.74) is 5.29. The Kier molecular flexibility index (Phi) is 5.76. The van der Waals surface area contributed by atoms with Crippen molar-refractivity contribution in [3.05, 3.63) is 86.5 Å². The standard InChI is InChI=1S/C25H27N5OS/c1-3-11-29-24-9-13-28(17-22-15-26-18(2)32-22)16-20(24)14-23(25(29)31)19-5-7-21(8-6-19)30-12-4-10-27-30/h4-8,10,12,14-15H,3,9,11,13,16-17H2,1-2H3. The Hall–Kier alpha value is -3.03. The SMILES string of the molecule is CCCn1c2c(cc(-c3ccc(-n4cccn4)cc3)c1=O)CN(Cc1cnc(C)s1)CC2. The van der Waals surface area contributed by atoms with Crippen molar-refractivity contribution in [3.63, 3.8) is 0 Å². The molecule has 0 radical (unpaired) electrons. The molecule has 4 heterocycles. The third kappa shape index (κ3) is 4.06. The van der Waals surface area contributed by atoms with Gasteiger partial charge in [0.15, 0.2) is 0 Å².